The zero-order valence-corrected chi connectivity index (χ0v) is 18.4. The van der Waals surface area contributed by atoms with Crippen LogP contribution in [0.1, 0.15) is 39.5 Å². The lowest BCUT2D eigenvalue weighted by Gasteiger charge is -2.36. The van der Waals surface area contributed by atoms with Crippen molar-refractivity contribution in [3.05, 3.63) is 57.9 Å². The molecular formula is C22H27FN2O3S. The van der Waals surface area contributed by atoms with Crippen molar-refractivity contribution in [3.63, 3.8) is 0 Å². The lowest BCUT2D eigenvalue weighted by molar-refractivity contribution is 0.101. The minimum absolute atomic E-state index is 0.189. The standard InChI is InChI=1S/C22H27FN2O3S/c1-14-12-15(2)17(4)22(16(14)3)29(27,28)25-10-8-24(9-11-25)21-7-6-19(18(5)26)13-20(21)23/h6-7,12-13H,8-11H2,1-5H3. The van der Waals surface area contributed by atoms with Crippen LogP contribution < -0.4 is 4.90 Å². The summed E-state index contributed by atoms with van der Waals surface area (Å²) in [7, 11) is -3.63. The number of Topliss-reactive ketones (excluding diaryl/α,β-unsaturated/α-hetero) is 1. The van der Waals surface area contributed by atoms with Gasteiger partial charge in [-0.25, -0.2) is 12.8 Å². The van der Waals surface area contributed by atoms with Crippen molar-refractivity contribution < 1.29 is 17.6 Å². The number of carbonyl (C=O) groups excluding carboxylic acids is 1. The second-order valence-corrected chi connectivity index (χ2v) is 9.58. The predicted molar refractivity (Wildman–Crippen MR) is 113 cm³/mol. The van der Waals surface area contributed by atoms with E-state index in [0.717, 1.165) is 22.3 Å². The van der Waals surface area contributed by atoms with E-state index in [4.69, 9.17) is 0 Å². The molecule has 7 heteroatoms. The number of sulfonamides is 1. The number of carbonyl (C=O) groups is 1. The van der Waals surface area contributed by atoms with E-state index in [-0.39, 0.29) is 18.9 Å². The van der Waals surface area contributed by atoms with Gasteiger partial charge in [-0.2, -0.15) is 4.31 Å². The Bertz CT molecular complexity index is 1050. The fraction of sp³-hybridized carbons (Fsp3) is 0.409. The first-order valence-electron chi connectivity index (χ1n) is 9.67. The highest BCUT2D eigenvalue weighted by Crippen LogP contribution is 2.30. The summed E-state index contributed by atoms with van der Waals surface area (Å²) < 4.78 is 42.7. The van der Waals surface area contributed by atoms with Crippen molar-refractivity contribution in [1.82, 2.24) is 4.31 Å². The van der Waals surface area contributed by atoms with Gasteiger partial charge in [0, 0.05) is 31.7 Å². The Morgan fingerprint density at radius 3 is 1.97 bits per heavy atom. The van der Waals surface area contributed by atoms with Crippen LogP contribution in [0, 0.1) is 33.5 Å². The molecule has 0 unspecified atom stereocenters. The highest BCUT2D eigenvalue weighted by Gasteiger charge is 2.32. The van der Waals surface area contributed by atoms with E-state index in [0.29, 0.717) is 29.2 Å². The van der Waals surface area contributed by atoms with Crippen LogP contribution in [0.25, 0.3) is 0 Å². The fourth-order valence-corrected chi connectivity index (χ4v) is 5.85. The molecule has 1 saturated heterocycles. The lowest BCUT2D eigenvalue weighted by atomic mass is 10.0. The smallest absolute Gasteiger partial charge is 0.243 e. The van der Waals surface area contributed by atoms with Gasteiger partial charge in [0.25, 0.3) is 0 Å². The first kappa shape index (κ1) is 21.5. The Balaban J connectivity index is 1.84. The van der Waals surface area contributed by atoms with Crippen LogP contribution in [0.15, 0.2) is 29.2 Å². The van der Waals surface area contributed by atoms with E-state index in [1.54, 1.807) is 12.1 Å². The molecule has 0 spiro atoms. The number of aryl methyl sites for hydroxylation is 2. The summed E-state index contributed by atoms with van der Waals surface area (Å²) in [4.78, 5) is 13.6. The number of anilines is 1. The largest absolute Gasteiger partial charge is 0.367 e. The van der Waals surface area contributed by atoms with Crippen molar-refractivity contribution in [2.24, 2.45) is 0 Å². The van der Waals surface area contributed by atoms with Gasteiger partial charge in [-0.15, -0.1) is 0 Å². The topological polar surface area (TPSA) is 57.7 Å². The molecule has 1 aliphatic heterocycles. The average Bonchev–Trinajstić information content (AvgIpc) is 2.66. The molecule has 0 atom stereocenters. The molecule has 1 heterocycles. The molecule has 2 aromatic carbocycles. The Labute approximate surface area is 172 Å². The summed E-state index contributed by atoms with van der Waals surface area (Å²) in [6, 6.07) is 6.44. The van der Waals surface area contributed by atoms with Crippen molar-refractivity contribution in [3.8, 4) is 0 Å². The quantitative estimate of drug-likeness (QED) is 0.709. The Morgan fingerprint density at radius 2 is 1.48 bits per heavy atom. The van der Waals surface area contributed by atoms with Crippen LogP contribution in [0.3, 0.4) is 0 Å². The molecule has 0 amide bonds. The highest BCUT2D eigenvalue weighted by molar-refractivity contribution is 7.89. The third kappa shape index (κ3) is 3.94. The summed E-state index contributed by atoms with van der Waals surface area (Å²) in [6.07, 6.45) is 0. The van der Waals surface area contributed by atoms with Crippen LogP contribution in [0.5, 0.6) is 0 Å². The van der Waals surface area contributed by atoms with E-state index in [1.165, 1.54) is 17.3 Å². The number of ketones is 1. The Morgan fingerprint density at radius 1 is 0.931 bits per heavy atom. The lowest BCUT2D eigenvalue weighted by Crippen LogP contribution is -2.49. The van der Waals surface area contributed by atoms with Gasteiger partial charge in [0.1, 0.15) is 5.82 Å². The number of nitrogens with zero attached hydrogens (tertiary/aromatic N) is 2. The molecule has 29 heavy (non-hydrogen) atoms. The van der Waals surface area contributed by atoms with E-state index >= 15 is 0 Å². The zero-order chi connectivity index (χ0) is 21.5. The monoisotopic (exact) mass is 418 g/mol. The van der Waals surface area contributed by atoms with Gasteiger partial charge < -0.3 is 4.90 Å². The summed E-state index contributed by atoms with van der Waals surface area (Å²) in [5, 5.41) is 0. The first-order valence-corrected chi connectivity index (χ1v) is 11.1. The van der Waals surface area contributed by atoms with Gasteiger partial charge in [-0.1, -0.05) is 6.07 Å². The van der Waals surface area contributed by atoms with Crippen LogP contribution in [-0.4, -0.2) is 44.7 Å². The minimum Gasteiger partial charge on any atom is -0.367 e. The van der Waals surface area contributed by atoms with Crippen LogP contribution in [-0.2, 0) is 10.0 Å². The van der Waals surface area contributed by atoms with E-state index in [1.807, 2.05) is 38.7 Å². The molecule has 5 nitrogen and oxygen atoms in total. The molecule has 1 aliphatic rings. The number of piperazine rings is 1. The van der Waals surface area contributed by atoms with Crippen molar-refractivity contribution in [1.29, 1.82) is 0 Å². The van der Waals surface area contributed by atoms with Gasteiger partial charge >= 0.3 is 0 Å². The number of hydrogen-bond acceptors (Lipinski definition) is 4. The molecule has 2 aromatic rings. The molecule has 0 bridgehead atoms. The third-order valence-corrected chi connectivity index (χ3v) is 8.00. The maximum absolute atomic E-state index is 14.5. The van der Waals surface area contributed by atoms with Gasteiger partial charge in [-0.05, 0) is 75.1 Å². The molecule has 0 aromatic heterocycles. The third-order valence-electron chi connectivity index (χ3n) is 5.83. The predicted octanol–water partition coefficient (Wildman–Crippen LogP) is 3.77. The Kier molecular flexibility index (Phi) is 5.83. The summed E-state index contributed by atoms with van der Waals surface area (Å²) in [6.45, 7) is 10.3. The maximum atomic E-state index is 14.5. The second kappa shape index (κ2) is 7.88. The summed E-state index contributed by atoms with van der Waals surface area (Å²) in [5.41, 5.74) is 4.19. The SMILES string of the molecule is CC(=O)c1ccc(N2CCN(S(=O)(=O)c3c(C)c(C)cc(C)c3C)CC2)c(F)c1. The van der Waals surface area contributed by atoms with Gasteiger partial charge in [0.05, 0.1) is 10.6 Å². The van der Waals surface area contributed by atoms with Crippen LogP contribution in [0.2, 0.25) is 0 Å². The van der Waals surface area contributed by atoms with E-state index in [2.05, 4.69) is 0 Å². The van der Waals surface area contributed by atoms with Crippen LogP contribution >= 0.6 is 0 Å². The number of rotatable bonds is 4. The van der Waals surface area contributed by atoms with Gasteiger partial charge in [-0.3, -0.25) is 4.79 Å². The summed E-state index contributed by atoms with van der Waals surface area (Å²) in [5.74, 6) is -0.652. The van der Waals surface area contributed by atoms with Crippen molar-refractivity contribution in [2.75, 3.05) is 31.1 Å². The number of halogens is 1. The zero-order valence-electron chi connectivity index (χ0n) is 17.5. The molecular weight excluding hydrogens is 391 g/mol. The van der Waals surface area contributed by atoms with E-state index < -0.39 is 15.8 Å². The van der Waals surface area contributed by atoms with Crippen molar-refractivity contribution in [2.45, 2.75) is 39.5 Å². The average molecular weight is 419 g/mol. The fourth-order valence-electron chi connectivity index (χ4n) is 3.85. The summed E-state index contributed by atoms with van der Waals surface area (Å²) >= 11 is 0. The maximum Gasteiger partial charge on any atom is 0.243 e. The molecule has 0 N–H and O–H groups in total. The highest BCUT2D eigenvalue weighted by atomic mass is 32.2. The molecule has 0 aliphatic carbocycles. The molecule has 0 radical (unpaired) electrons. The normalized spacial score (nSPS) is 15.6. The molecule has 0 saturated carbocycles. The first-order chi connectivity index (χ1) is 13.5. The van der Waals surface area contributed by atoms with Crippen LogP contribution in [0.4, 0.5) is 10.1 Å². The molecule has 156 valence electrons. The van der Waals surface area contributed by atoms with Gasteiger partial charge in [0.15, 0.2) is 5.78 Å². The van der Waals surface area contributed by atoms with E-state index in [9.17, 15) is 17.6 Å². The molecule has 1 fully saturated rings. The Hall–Kier alpha value is -2.25. The molecule has 3 rings (SSSR count). The number of benzene rings is 2. The number of hydrogen-bond donors (Lipinski definition) is 0. The minimum atomic E-state index is -3.63. The second-order valence-electron chi connectivity index (χ2n) is 7.70. The van der Waals surface area contributed by atoms with Crippen molar-refractivity contribution >= 4 is 21.5 Å². The van der Waals surface area contributed by atoms with Gasteiger partial charge in [0.2, 0.25) is 10.0 Å².